The molecule has 0 radical (unpaired) electrons. The van der Waals surface area contributed by atoms with Crippen molar-refractivity contribution in [2.45, 2.75) is 19.4 Å². The number of rotatable bonds is 5. The van der Waals surface area contributed by atoms with Crippen LogP contribution in [0.1, 0.15) is 24.9 Å². The number of aliphatic carboxylic acids is 1. The van der Waals surface area contributed by atoms with Gasteiger partial charge in [0, 0.05) is 17.1 Å². The van der Waals surface area contributed by atoms with E-state index in [1.807, 2.05) is 0 Å². The molecule has 1 unspecified atom stereocenters. The van der Waals surface area contributed by atoms with E-state index in [-0.39, 0.29) is 28.6 Å². The van der Waals surface area contributed by atoms with Crippen LogP contribution in [0.15, 0.2) is 12.1 Å². The van der Waals surface area contributed by atoms with Gasteiger partial charge in [0.25, 0.3) is 0 Å². The van der Waals surface area contributed by atoms with Crippen molar-refractivity contribution in [2.75, 3.05) is 6.54 Å². The molecule has 0 aliphatic carbocycles. The second kappa shape index (κ2) is 7.31. The van der Waals surface area contributed by atoms with Crippen LogP contribution in [0.2, 0.25) is 10.0 Å². The van der Waals surface area contributed by atoms with E-state index in [9.17, 15) is 14.0 Å². The molecule has 5 nitrogen and oxygen atoms in total. The normalized spacial score (nSPS) is 11.8. The van der Waals surface area contributed by atoms with Gasteiger partial charge >= 0.3 is 12.0 Å². The van der Waals surface area contributed by atoms with Crippen LogP contribution in [0.4, 0.5) is 9.18 Å². The van der Waals surface area contributed by atoms with Crippen molar-refractivity contribution in [3.8, 4) is 0 Å². The van der Waals surface area contributed by atoms with Crippen molar-refractivity contribution < 1.29 is 19.1 Å². The smallest absolute Gasteiger partial charge is 0.315 e. The molecule has 0 bridgehead atoms. The quantitative estimate of drug-likeness (QED) is 0.729. The standard InChI is InChI=1S/C12H13Cl2FN2O3/c1-6(17-12(20)16-5-4-9(18)19)10-7(13)2-3-8(15)11(10)14/h2-3,6H,4-5H2,1H3,(H,18,19)(H2,16,17,20). The largest absolute Gasteiger partial charge is 0.481 e. The number of hydrogen-bond acceptors (Lipinski definition) is 2. The SMILES string of the molecule is CC(NC(=O)NCCC(=O)O)c1c(Cl)ccc(F)c1Cl. The number of carboxylic acids is 1. The molecule has 0 spiro atoms. The molecule has 0 aliphatic rings. The number of carboxylic acid groups (broad SMARTS) is 1. The zero-order valence-corrected chi connectivity index (χ0v) is 12.1. The number of amides is 2. The number of urea groups is 1. The zero-order chi connectivity index (χ0) is 15.3. The third-order valence-corrected chi connectivity index (χ3v) is 3.20. The van der Waals surface area contributed by atoms with Crippen LogP contribution >= 0.6 is 23.2 Å². The maximum absolute atomic E-state index is 13.4. The lowest BCUT2D eigenvalue weighted by Crippen LogP contribution is -2.38. The van der Waals surface area contributed by atoms with Crippen LogP contribution in [-0.4, -0.2) is 23.7 Å². The second-order valence-electron chi connectivity index (χ2n) is 4.02. The number of hydrogen-bond donors (Lipinski definition) is 3. The molecule has 0 fully saturated rings. The van der Waals surface area contributed by atoms with Crippen LogP contribution in [0, 0.1) is 5.82 Å². The molecule has 3 N–H and O–H groups in total. The van der Waals surface area contributed by atoms with E-state index in [0.29, 0.717) is 0 Å². The van der Waals surface area contributed by atoms with Gasteiger partial charge in [-0.05, 0) is 19.1 Å². The van der Waals surface area contributed by atoms with Gasteiger partial charge in [0.2, 0.25) is 0 Å². The maximum atomic E-state index is 13.4. The van der Waals surface area contributed by atoms with E-state index in [0.717, 1.165) is 6.07 Å². The highest BCUT2D eigenvalue weighted by atomic mass is 35.5. The van der Waals surface area contributed by atoms with Gasteiger partial charge in [-0.15, -0.1) is 0 Å². The molecule has 0 saturated carbocycles. The number of benzene rings is 1. The molecular formula is C12H13Cl2FN2O3. The number of nitrogens with one attached hydrogen (secondary N) is 2. The molecule has 20 heavy (non-hydrogen) atoms. The average Bonchev–Trinajstić information content (AvgIpc) is 2.33. The Morgan fingerprint density at radius 1 is 1.40 bits per heavy atom. The summed E-state index contributed by atoms with van der Waals surface area (Å²) in [4.78, 5) is 21.8. The molecule has 1 rings (SSSR count). The molecule has 0 heterocycles. The van der Waals surface area contributed by atoms with Crippen LogP contribution in [0.3, 0.4) is 0 Å². The maximum Gasteiger partial charge on any atom is 0.315 e. The lowest BCUT2D eigenvalue weighted by atomic mass is 10.1. The molecule has 1 aromatic rings. The minimum atomic E-state index is -1.02. The Morgan fingerprint density at radius 2 is 2.05 bits per heavy atom. The van der Waals surface area contributed by atoms with Crippen LogP contribution in [-0.2, 0) is 4.79 Å². The molecule has 0 aliphatic heterocycles. The first-order valence-electron chi connectivity index (χ1n) is 5.72. The van der Waals surface area contributed by atoms with E-state index >= 15 is 0 Å². The molecule has 0 saturated heterocycles. The predicted molar refractivity (Wildman–Crippen MR) is 73.6 cm³/mol. The molecule has 8 heteroatoms. The number of carbonyl (C=O) groups is 2. The number of halogens is 3. The van der Waals surface area contributed by atoms with Gasteiger partial charge in [0.15, 0.2) is 0 Å². The van der Waals surface area contributed by atoms with Crippen LogP contribution in [0.5, 0.6) is 0 Å². The van der Waals surface area contributed by atoms with E-state index in [2.05, 4.69) is 10.6 Å². The van der Waals surface area contributed by atoms with Crippen molar-refractivity contribution in [1.29, 1.82) is 0 Å². The summed E-state index contributed by atoms with van der Waals surface area (Å²) in [5.74, 6) is -1.65. The lowest BCUT2D eigenvalue weighted by molar-refractivity contribution is -0.136. The van der Waals surface area contributed by atoms with Crippen molar-refractivity contribution >= 4 is 35.2 Å². The highest BCUT2D eigenvalue weighted by Gasteiger charge is 2.18. The fraction of sp³-hybridized carbons (Fsp3) is 0.333. The van der Waals surface area contributed by atoms with E-state index < -0.39 is 23.9 Å². The minimum absolute atomic E-state index is 0.0154. The fourth-order valence-corrected chi connectivity index (χ4v) is 2.24. The van der Waals surface area contributed by atoms with E-state index in [4.69, 9.17) is 28.3 Å². The lowest BCUT2D eigenvalue weighted by Gasteiger charge is -2.17. The van der Waals surface area contributed by atoms with Gasteiger partial charge < -0.3 is 15.7 Å². The van der Waals surface area contributed by atoms with Crippen LogP contribution < -0.4 is 10.6 Å². The van der Waals surface area contributed by atoms with Gasteiger partial charge in [-0.25, -0.2) is 9.18 Å². The van der Waals surface area contributed by atoms with E-state index in [1.54, 1.807) is 6.92 Å². The summed E-state index contributed by atoms with van der Waals surface area (Å²) in [6.45, 7) is 1.57. The van der Waals surface area contributed by atoms with E-state index in [1.165, 1.54) is 6.07 Å². The first kappa shape index (κ1) is 16.5. The summed E-state index contributed by atoms with van der Waals surface area (Å²) in [7, 11) is 0. The highest BCUT2D eigenvalue weighted by Crippen LogP contribution is 2.32. The monoisotopic (exact) mass is 322 g/mol. The Labute approximate surface area is 125 Å². The molecule has 0 aromatic heterocycles. The first-order chi connectivity index (χ1) is 9.32. The second-order valence-corrected chi connectivity index (χ2v) is 4.81. The summed E-state index contributed by atoms with van der Waals surface area (Å²) in [5, 5.41) is 13.4. The highest BCUT2D eigenvalue weighted by molar-refractivity contribution is 6.36. The van der Waals surface area contributed by atoms with Crippen molar-refractivity contribution in [3.05, 3.63) is 33.6 Å². The summed E-state index contributed by atoms with van der Waals surface area (Å²) in [6.07, 6.45) is -0.191. The molecule has 1 aromatic carbocycles. The Kier molecular flexibility index (Phi) is 6.04. The zero-order valence-electron chi connectivity index (χ0n) is 10.5. The first-order valence-corrected chi connectivity index (χ1v) is 6.48. The number of carbonyl (C=O) groups excluding carboxylic acids is 1. The Bertz CT molecular complexity index is 526. The van der Waals surface area contributed by atoms with Gasteiger partial charge in [-0.3, -0.25) is 4.79 Å². The Morgan fingerprint density at radius 3 is 2.65 bits per heavy atom. The molecular weight excluding hydrogens is 310 g/mol. The van der Waals surface area contributed by atoms with Crippen molar-refractivity contribution in [2.24, 2.45) is 0 Å². The minimum Gasteiger partial charge on any atom is -0.481 e. The van der Waals surface area contributed by atoms with Gasteiger partial charge in [0.1, 0.15) is 5.82 Å². The Hall–Kier alpha value is -1.53. The topological polar surface area (TPSA) is 78.4 Å². The molecule has 2 amide bonds. The van der Waals surface area contributed by atoms with Gasteiger partial charge in [-0.1, -0.05) is 23.2 Å². The molecule has 110 valence electrons. The predicted octanol–water partition coefficient (Wildman–Crippen LogP) is 2.97. The van der Waals surface area contributed by atoms with Gasteiger partial charge in [0.05, 0.1) is 17.5 Å². The fourth-order valence-electron chi connectivity index (χ4n) is 1.54. The summed E-state index contributed by atoms with van der Waals surface area (Å²) in [6, 6.07) is 1.26. The Balaban J connectivity index is 2.67. The van der Waals surface area contributed by atoms with Crippen molar-refractivity contribution in [3.63, 3.8) is 0 Å². The summed E-state index contributed by atoms with van der Waals surface area (Å²) >= 11 is 11.7. The van der Waals surface area contributed by atoms with Gasteiger partial charge in [-0.2, -0.15) is 0 Å². The van der Waals surface area contributed by atoms with Crippen LogP contribution in [0.25, 0.3) is 0 Å². The average molecular weight is 323 g/mol. The summed E-state index contributed by atoms with van der Waals surface area (Å²) in [5.41, 5.74) is 0.265. The third kappa shape index (κ3) is 4.54. The molecule has 1 atom stereocenters. The summed E-state index contributed by atoms with van der Waals surface area (Å²) < 4.78 is 13.4. The van der Waals surface area contributed by atoms with Crippen molar-refractivity contribution in [1.82, 2.24) is 10.6 Å². The third-order valence-electron chi connectivity index (χ3n) is 2.48.